The van der Waals surface area contributed by atoms with Gasteiger partial charge < -0.3 is 14.2 Å². The summed E-state index contributed by atoms with van der Waals surface area (Å²) in [6.45, 7) is 4.55. The number of carbonyl (C=O) groups is 1. The van der Waals surface area contributed by atoms with Gasteiger partial charge in [-0.2, -0.15) is 0 Å². The molecule has 0 aliphatic heterocycles. The number of aliphatic carboxylic acids is 1. The van der Waals surface area contributed by atoms with Crippen LogP contribution in [-0.4, -0.2) is 36.1 Å². The van der Waals surface area contributed by atoms with Crippen molar-refractivity contribution in [3.05, 3.63) is 0 Å². The van der Waals surface area contributed by atoms with E-state index in [1.54, 1.807) is 13.8 Å². The molecule has 5 nitrogen and oxygen atoms in total. The molecule has 0 aliphatic carbocycles. The van der Waals surface area contributed by atoms with E-state index in [1.807, 2.05) is 0 Å². The third-order valence-corrected chi connectivity index (χ3v) is 4.03. The summed E-state index contributed by atoms with van der Waals surface area (Å²) in [4.78, 5) is 10.5. The Morgan fingerprint density at radius 1 is 1.38 bits per heavy atom. The van der Waals surface area contributed by atoms with Gasteiger partial charge in [0, 0.05) is 6.42 Å². The molecular weight excluding hydrogens is 238 g/mol. The van der Waals surface area contributed by atoms with Crippen molar-refractivity contribution < 1.29 is 27.9 Å². The summed E-state index contributed by atoms with van der Waals surface area (Å²) in [5, 5.41) is 8.55. The molecule has 0 heterocycles. The monoisotopic (exact) mass is 256 g/mol. The summed E-state index contributed by atoms with van der Waals surface area (Å²) in [5.41, 5.74) is -2.41. The Labute approximate surface area is 94.5 Å². The van der Waals surface area contributed by atoms with E-state index in [9.17, 15) is 13.8 Å². The number of hydrogen-bond donors (Lipinski definition) is 1. The smallest absolute Gasteiger partial charge is 0.341 e. The predicted molar refractivity (Wildman–Crippen MR) is 57.5 cm³/mol. The van der Waals surface area contributed by atoms with Crippen molar-refractivity contribution in [2.75, 3.05) is 19.4 Å². The summed E-state index contributed by atoms with van der Waals surface area (Å²) in [6.07, 6.45) is -0.645. The molecule has 0 bridgehead atoms. The summed E-state index contributed by atoms with van der Waals surface area (Å²) in [6, 6.07) is 0. The van der Waals surface area contributed by atoms with Crippen LogP contribution in [-0.2, 0) is 18.4 Å². The third kappa shape index (κ3) is 5.05. The summed E-state index contributed by atoms with van der Waals surface area (Å²) in [5.74, 6) is -1.58. The number of rotatable bonds is 8. The molecule has 0 saturated heterocycles. The van der Waals surface area contributed by atoms with Crippen molar-refractivity contribution in [2.24, 2.45) is 0 Å². The second-order valence-corrected chi connectivity index (χ2v) is 5.61. The molecule has 0 radical (unpaired) electrons. The Kier molecular flexibility index (Phi) is 6.15. The van der Waals surface area contributed by atoms with E-state index in [2.05, 4.69) is 0 Å². The number of carboxylic acids is 1. The molecule has 1 N–H and O–H groups in total. The van der Waals surface area contributed by atoms with Gasteiger partial charge >= 0.3 is 13.6 Å². The average Bonchev–Trinajstić information content (AvgIpc) is 2.16. The van der Waals surface area contributed by atoms with E-state index in [4.69, 9.17) is 14.2 Å². The van der Waals surface area contributed by atoms with Gasteiger partial charge in [0.05, 0.1) is 19.4 Å². The van der Waals surface area contributed by atoms with E-state index in [1.165, 1.54) is 0 Å². The maximum absolute atomic E-state index is 13.4. The molecular formula is C9H18FO5P. The highest BCUT2D eigenvalue weighted by molar-refractivity contribution is 7.53. The van der Waals surface area contributed by atoms with Crippen LogP contribution in [0.15, 0.2) is 0 Å². The van der Waals surface area contributed by atoms with Gasteiger partial charge in [0.25, 0.3) is 0 Å². The Morgan fingerprint density at radius 2 is 1.81 bits per heavy atom. The van der Waals surface area contributed by atoms with E-state index >= 15 is 0 Å². The molecule has 1 unspecified atom stereocenters. The molecule has 0 spiro atoms. The van der Waals surface area contributed by atoms with Crippen LogP contribution in [0.5, 0.6) is 0 Å². The second kappa shape index (κ2) is 6.33. The van der Waals surface area contributed by atoms with E-state index in [0.717, 1.165) is 6.92 Å². The lowest BCUT2D eigenvalue weighted by Crippen LogP contribution is -2.31. The molecule has 0 fully saturated rings. The zero-order chi connectivity index (χ0) is 12.8. The minimum Gasteiger partial charge on any atom is -0.479 e. The first-order valence-corrected chi connectivity index (χ1v) is 6.80. The largest absolute Gasteiger partial charge is 0.479 e. The van der Waals surface area contributed by atoms with Gasteiger partial charge in [0.1, 0.15) is 0 Å². The molecule has 0 aromatic carbocycles. The summed E-state index contributed by atoms with van der Waals surface area (Å²) >= 11 is 0. The molecule has 0 rings (SSSR count). The first-order valence-electron chi connectivity index (χ1n) is 5.08. The Balaban J connectivity index is 4.43. The summed E-state index contributed by atoms with van der Waals surface area (Å²) < 4.78 is 35.1. The van der Waals surface area contributed by atoms with Crippen LogP contribution in [0.4, 0.5) is 4.39 Å². The van der Waals surface area contributed by atoms with Crippen molar-refractivity contribution >= 4 is 13.6 Å². The normalized spacial score (nSPS) is 15.8. The van der Waals surface area contributed by atoms with Crippen LogP contribution >= 0.6 is 7.60 Å². The Morgan fingerprint density at radius 3 is 2.12 bits per heavy atom. The standard InChI is InChI=1S/C9H18FO5P/c1-4-14-16(13,15-5-2)7-6-9(3,10)8(11)12/h4-7H2,1-3H3,(H,11,12). The number of alkyl halides is 1. The Hall–Kier alpha value is -0.450. The van der Waals surface area contributed by atoms with Gasteiger partial charge in [-0.25, -0.2) is 9.18 Å². The minimum absolute atomic E-state index is 0.174. The summed E-state index contributed by atoms with van der Waals surface area (Å²) in [7, 11) is -3.36. The average molecular weight is 256 g/mol. The first-order chi connectivity index (χ1) is 7.27. The first kappa shape index (κ1) is 15.6. The number of carboxylic acid groups (broad SMARTS) is 1. The zero-order valence-electron chi connectivity index (χ0n) is 9.73. The fraction of sp³-hybridized carbons (Fsp3) is 0.889. The molecule has 16 heavy (non-hydrogen) atoms. The maximum atomic E-state index is 13.4. The second-order valence-electron chi connectivity index (χ2n) is 3.42. The SMILES string of the molecule is CCOP(=O)(CCC(C)(F)C(=O)O)OCC. The highest BCUT2D eigenvalue weighted by atomic mass is 31.2. The van der Waals surface area contributed by atoms with E-state index in [-0.39, 0.29) is 19.4 Å². The zero-order valence-corrected chi connectivity index (χ0v) is 10.6. The van der Waals surface area contributed by atoms with Gasteiger partial charge in [-0.05, 0) is 20.8 Å². The van der Waals surface area contributed by atoms with Crippen molar-refractivity contribution in [2.45, 2.75) is 32.9 Å². The van der Waals surface area contributed by atoms with Crippen LogP contribution in [0.2, 0.25) is 0 Å². The predicted octanol–water partition coefficient (Wildman–Crippen LogP) is 2.46. The van der Waals surface area contributed by atoms with Gasteiger partial charge in [-0.3, -0.25) is 4.57 Å². The van der Waals surface area contributed by atoms with Gasteiger partial charge in [0.15, 0.2) is 0 Å². The highest BCUT2D eigenvalue weighted by Gasteiger charge is 2.36. The Bertz CT molecular complexity index is 269. The maximum Gasteiger partial charge on any atom is 0.341 e. The topological polar surface area (TPSA) is 72.8 Å². The van der Waals surface area contributed by atoms with Crippen LogP contribution in [0.3, 0.4) is 0 Å². The van der Waals surface area contributed by atoms with E-state index in [0.29, 0.717) is 0 Å². The van der Waals surface area contributed by atoms with Gasteiger partial charge in [0.2, 0.25) is 5.67 Å². The van der Waals surface area contributed by atoms with Crippen molar-refractivity contribution in [3.8, 4) is 0 Å². The molecule has 7 heteroatoms. The van der Waals surface area contributed by atoms with Crippen LogP contribution < -0.4 is 0 Å². The van der Waals surface area contributed by atoms with Crippen molar-refractivity contribution in [1.82, 2.24) is 0 Å². The third-order valence-electron chi connectivity index (χ3n) is 1.95. The van der Waals surface area contributed by atoms with Crippen molar-refractivity contribution in [3.63, 3.8) is 0 Å². The van der Waals surface area contributed by atoms with Gasteiger partial charge in [-0.15, -0.1) is 0 Å². The molecule has 0 aromatic heterocycles. The molecule has 96 valence electrons. The lowest BCUT2D eigenvalue weighted by Gasteiger charge is -2.20. The molecule has 0 saturated carbocycles. The lowest BCUT2D eigenvalue weighted by atomic mass is 10.1. The number of halogens is 1. The molecule has 0 amide bonds. The van der Waals surface area contributed by atoms with Crippen LogP contribution in [0.1, 0.15) is 27.2 Å². The molecule has 1 atom stereocenters. The van der Waals surface area contributed by atoms with Crippen LogP contribution in [0.25, 0.3) is 0 Å². The van der Waals surface area contributed by atoms with Crippen molar-refractivity contribution in [1.29, 1.82) is 0 Å². The fourth-order valence-corrected chi connectivity index (χ4v) is 2.83. The van der Waals surface area contributed by atoms with Gasteiger partial charge in [-0.1, -0.05) is 0 Å². The molecule has 0 aromatic rings. The minimum atomic E-state index is -3.36. The fourth-order valence-electron chi connectivity index (χ4n) is 1.01. The molecule has 0 aliphatic rings. The highest BCUT2D eigenvalue weighted by Crippen LogP contribution is 2.49. The lowest BCUT2D eigenvalue weighted by molar-refractivity contribution is -0.149. The quantitative estimate of drug-likeness (QED) is 0.675. The van der Waals surface area contributed by atoms with E-state index < -0.39 is 25.7 Å². The number of hydrogen-bond acceptors (Lipinski definition) is 4. The van der Waals surface area contributed by atoms with Crippen LogP contribution in [0, 0.1) is 0 Å².